The van der Waals surface area contributed by atoms with Crippen LogP contribution in [0.2, 0.25) is 0 Å². The Morgan fingerprint density at radius 2 is 1.95 bits per heavy atom. The van der Waals surface area contributed by atoms with Gasteiger partial charge in [0.25, 0.3) is 5.91 Å². The van der Waals surface area contributed by atoms with Crippen LogP contribution >= 0.6 is 0 Å². The van der Waals surface area contributed by atoms with Crippen molar-refractivity contribution in [1.29, 1.82) is 0 Å². The molecular weight excluding hydrogens is 280 g/mol. The van der Waals surface area contributed by atoms with Crippen molar-refractivity contribution in [2.75, 3.05) is 7.11 Å². The summed E-state index contributed by atoms with van der Waals surface area (Å²) in [6, 6.07) is 14.3. The van der Waals surface area contributed by atoms with Gasteiger partial charge >= 0.3 is 0 Å². The Morgan fingerprint density at radius 3 is 2.68 bits per heavy atom. The highest BCUT2D eigenvalue weighted by Crippen LogP contribution is 2.26. The number of hydrogen-bond donors (Lipinski definition) is 2. The smallest absolute Gasteiger partial charge is 0.264 e. The molecule has 2 aromatic carbocycles. The molecule has 0 aliphatic carbocycles. The molecule has 0 aliphatic rings. The van der Waals surface area contributed by atoms with Crippen molar-refractivity contribution in [2.45, 2.75) is 0 Å². The summed E-state index contributed by atoms with van der Waals surface area (Å²) in [6.07, 6.45) is 4.53. The Hall–Kier alpha value is -3.08. The highest BCUT2D eigenvalue weighted by Gasteiger charge is 2.00. The maximum Gasteiger partial charge on any atom is 0.264 e. The van der Waals surface area contributed by atoms with E-state index in [1.54, 1.807) is 24.4 Å². The number of hydrogen-bond acceptors (Lipinski definition) is 4. The van der Waals surface area contributed by atoms with Crippen molar-refractivity contribution < 1.29 is 14.6 Å². The maximum absolute atomic E-state index is 11.6. The van der Waals surface area contributed by atoms with Crippen molar-refractivity contribution in [2.24, 2.45) is 5.10 Å². The summed E-state index contributed by atoms with van der Waals surface area (Å²) >= 11 is 0. The first-order valence-electron chi connectivity index (χ1n) is 6.62. The predicted molar refractivity (Wildman–Crippen MR) is 85.9 cm³/mol. The van der Waals surface area contributed by atoms with E-state index >= 15 is 0 Å². The van der Waals surface area contributed by atoms with Crippen LogP contribution in [0.4, 0.5) is 0 Å². The molecular formula is C17H16N2O3. The number of carbonyl (C=O) groups is 1. The molecule has 5 nitrogen and oxygen atoms in total. The first kappa shape index (κ1) is 15.3. The minimum absolute atomic E-state index is 0.0524. The van der Waals surface area contributed by atoms with Crippen LogP contribution in [-0.2, 0) is 4.79 Å². The molecule has 0 atom stereocenters. The molecule has 0 aromatic heterocycles. The second kappa shape index (κ2) is 7.64. The van der Waals surface area contributed by atoms with E-state index in [9.17, 15) is 9.90 Å². The van der Waals surface area contributed by atoms with Crippen molar-refractivity contribution >= 4 is 18.2 Å². The number of aromatic hydroxyl groups is 1. The highest BCUT2D eigenvalue weighted by atomic mass is 16.5. The topological polar surface area (TPSA) is 70.9 Å². The van der Waals surface area contributed by atoms with Crippen LogP contribution in [0.1, 0.15) is 11.1 Å². The fourth-order valence-electron chi connectivity index (χ4n) is 1.72. The Bertz CT molecular complexity index is 694. The van der Waals surface area contributed by atoms with Gasteiger partial charge in [0.15, 0.2) is 11.5 Å². The number of phenols is 1. The van der Waals surface area contributed by atoms with Gasteiger partial charge in [0, 0.05) is 6.08 Å². The first-order valence-corrected chi connectivity index (χ1v) is 6.62. The number of nitrogens with one attached hydrogen (secondary N) is 1. The average Bonchev–Trinajstić information content (AvgIpc) is 2.55. The van der Waals surface area contributed by atoms with Crippen molar-refractivity contribution in [1.82, 2.24) is 5.43 Å². The SMILES string of the molecule is COc1cc(/C=C/C(=O)N/N=C/c2ccccc2)ccc1O. The van der Waals surface area contributed by atoms with Crippen molar-refractivity contribution in [3.8, 4) is 11.5 Å². The van der Waals surface area contributed by atoms with E-state index in [-0.39, 0.29) is 11.7 Å². The van der Waals surface area contributed by atoms with Gasteiger partial charge in [0.2, 0.25) is 0 Å². The number of phenolic OH excluding ortho intramolecular Hbond substituents is 1. The van der Waals surface area contributed by atoms with Gasteiger partial charge in [0.1, 0.15) is 0 Å². The molecule has 22 heavy (non-hydrogen) atoms. The Labute approximate surface area is 128 Å². The van der Waals surface area contributed by atoms with Gasteiger partial charge in [-0.25, -0.2) is 5.43 Å². The lowest BCUT2D eigenvalue weighted by molar-refractivity contribution is -0.116. The number of carbonyl (C=O) groups excluding carboxylic acids is 1. The number of rotatable bonds is 5. The monoisotopic (exact) mass is 296 g/mol. The summed E-state index contributed by atoms with van der Waals surface area (Å²) in [7, 11) is 1.47. The molecule has 0 radical (unpaired) electrons. The molecule has 5 heteroatoms. The van der Waals surface area contributed by atoms with Gasteiger partial charge < -0.3 is 9.84 Å². The summed E-state index contributed by atoms with van der Waals surface area (Å²) < 4.78 is 5.00. The van der Waals surface area contributed by atoms with Crippen LogP contribution in [0.3, 0.4) is 0 Å². The Balaban J connectivity index is 1.93. The van der Waals surface area contributed by atoms with Crippen molar-refractivity contribution in [3.05, 3.63) is 65.7 Å². The molecule has 0 saturated heterocycles. The molecule has 0 spiro atoms. The highest BCUT2D eigenvalue weighted by molar-refractivity contribution is 5.92. The molecule has 112 valence electrons. The minimum atomic E-state index is -0.348. The Morgan fingerprint density at radius 1 is 1.18 bits per heavy atom. The van der Waals surface area contributed by atoms with E-state index in [2.05, 4.69) is 10.5 Å². The average molecular weight is 296 g/mol. The molecule has 1 amide bonds. The number of nitrogens with zero attached hydrogens (tertiary/aromatic N) is 1. The lowest BCUT2D eigenvalue weighted by atomic mass is 10.2. The van der Waals surface area contributed by atoms with Gasteiger partial charge in [-0.15, -0.1) is 0 Å². The zero-order valence-electron chi connectivity index (χ0n) is 12.1. The number of amides is 1. The molecule has 0 unspecified atom stereocenters. The summed E-state index contributed by atoms with van der Waals surface area (Å²) in [5.41, 5.74) is 4.04. The largest absolute Gasteiger partial charge is 0.504 e. The van der Waals surface area contributed by atoms with Crippen LogP contribution in [0.25, 0.3) is 6.08 Å². The van der Waals surface area contributed by atoms with Crippen LogP contribution in [0.15, 0.2) is 59.7 Å². The van der Waals surface area contributed by atoms with E-state index in [1.165, 1.54) is 19.3 Å². The maximum atomic E-state index is 11.6. The van der Waals surface area contributed by atoms with Gasteiger partial charge in [0.05, 0.1) is 13.3 Å². The normalized spacial score (nSPS) is 11.0. The summed E-state index contributed by atoms with van der Waals surface area (Å²) in [6.45, 7) is 0. The predicted octanol–water partition coefficient (Wildman–Crippen LogP) is 2.56. The molecule has 0 aliphatic heterocycles. The number of hydrazone groups is 1. The zero-order valence-corrected chi connectivity index (χ0v) is 12.1. The second-order valence-electron chi connectivity index (χ2n) is 4.41. The third kappa shape index (κ3) is 4.49. The molecule has 2 aromatic rings. The molecule has 0 heterocycles. The number of ether oxygens (including phenoxy) is 1. The Kier molecular flexibility index (Phi) is 5.31. The summed E-state index contributed by atoms with van der Waals surface area (Å²) in [4.78, 5) is 11.6. The van der Waals surface area contributed by atoms with E-state index in [1.807, 2.05) is 30.3 Å². The van der Waals surface area contributed by atoms with E-state index < -0.39 is 0 Å². The van der Waals surface area contributed by atoms with Crippen LogP contribution in [0, 0.1) is 0 Å². The molecule has 0 bridgehead atoms. The molecule has 2 N–H and O–H groups in total. The first-order chi connectivity index (χ1) is 10.7. The van der Waals surface area contributed by atoms with Crippen molar-refractivity contribution in [3.63, 3.8) is 0 Å². The number of benzene rings is 2. The number of methoxy groups -OCH3 is 1. The van der Waals surface area contributed by atoms with Gasteiger partial charge in [-0.3, -0.25) is 4.79 Å². The second-order valence-corrected chi connectivity index (χ2v) is 4.41. The lowest BCUT2D eigenvalue weighted by Gasteiger charge is -2.03. The molecule has 0 saturated carbocycles. The standard InChI is InChI=1S/C17H16N2O3/c1-22-16-11-13(7-9-15(16)20)8-10-17(21)19-18-12-14-5-3-2-4-6-14/h2-12,20H,1H3,(H,19,21)/b10-8+,18-12+. The molecule has 2 rings (SSSR count). The molecule has 0 fully saturated rings. The fourth-order valence-corrected chi connectivity index (χ4v) is 1.72. The van der Waals surface area contributed by atoms with Crippen LogP contribution < -0.4 is 10.2 Å². The fraction of sp³-hybridized carbons (Fsp3) is 0.0588. The lowest BCUT2D eigenvalue weighted by Crippen LogP contribution is -2.14. The summed E-state index contributed by atoms with van der Waals surface area (Å²) in [5, 5.41) is 13.4. The van der Waals surface area contributed by atoms with Crippen LogP contribution in [-0.4, -0.2) is 24.3 Å². The zero-order chi connectivity index (χ0) is 15.8. The third-order valence-electron chi connectivity index (χ3n) is 2.82. The van der Waals surface area contributed by atoms with E-state index in [4.69, 9.17) is 4.74 Å². The minimum Gasteiger partial charge on any atom is -0.504 e. The van der Waals surface area contributed by atoms with Crippen LogP contribution in [0.5, 0.6) is 11.5 Å². The quantitative estimate of drug-likeness (QED) is 0.506. The summed E-state index contributed by atoms with van der Waals surface area (Å²) in [5.74, 6) is 0.0560. The van der Waals surface area contributed by atoms with Gasteiger partial charge in [-0.2, -0.15) is 5.10 Å². The van der Waals surface area contributed by atoms with Gasteiger partial charge in [-0.05, 0) is 29.3 Å². The van der Waals surface area contributed by atoms with E-state index in [0.29, 0.717) is 5.75 Å². The van der Waals surface area contributed by atoms with Gasteiger partial charge in [-0.1, -0.05) is 36.4 Å². The third-order valence-corrected chi connectivity index (χ3v) is 2.82. The van der Waals surface area contributed by atoms with E-state index in [0.717, 1.165) is 11.1 Å².